The Bertz CT molecular complexity index is 635. The van der Waals surface area contributed by atoms with E-state index >= 15 is 0 Å². The number of hydrogen-bond acceptors (Lipinski definition) is 3. The minimum atomic E-state index is 0.0570. The summed E-state index contributed by atoms with van der Waals surface area (Å²) in [6.07, 6.45) is 1.70. The molecule has 2 heterocycles. The molecule has 5 heteroatoms. The van der Waals surface area contributed by atoms with Gasteiger partial charge in [-0.05, 0) is 25.5 Å². The van der Waals surface area contributed by atoms with E-state index in [1.807, 2.05) is 43.0 Å². The van der Waals surface area contributed by atoms with Gasteiger partial charge < -0.3 is 10.2 Å². The molecule has 1 aromatic carbocycles. The Hall–Kier alpha value is -2.14. The van der Waals surface area contributed by atoms with Gasteiger partial charge in [-0.25, -0.2) is 0 Å². The first kappa shape index (κ1) is 14.8. The Labute approximate surface area is 130 Å². The van der Waals surface area contributed by atoms with Crippen molar-refractivity contribution < 1.29 is 4.79 Å². The zero-order valence-electron chi connectivity index (χ0n) is 13.1. The van der Waals surface area contributed by atoms with Crippen molar-refractivity contribution in [1.82, 2.24) is 20.0 Å². The van der Waals surface area contributed by atoms with Crippen LogP contribution in [0.25, 0.3) is 0 Å². The van der Waals surface area contributed by atoms with Crippen LogP contribution >= 0.6 is 0 Å². The number of amides is 1. The monoisotopic (exact) mass is 298 g/mol. The molecule has 1 atom stereocenters. The summed E-state index contributed by atoms with van der Waals surface area (Å²) in [5.41, 5.74) is 1.83. The van der Waals surface area contributed by atoms with Crippen molar-refractivity contribution in [3.8, 4) is 0 Å². The van der Waals surface area contributed by atoms with Crippen molar-refractivity contribution in [2.75, 3.05) is 19.6 Å². The topological polar surface area (TPSA) is 50.2 Å². The van der Waals surface area contributed by atoms with E-state index in [9.17, 15) is 4.79 Å². The van der Waals surface area contributed by atoms with Crippen LogP contribution in [0.1, 0.15) is 42.0 Å². The molecule has 1 saturated heterocycles. The maximum atomic E-state index is 13.0. The fraction of sp³-hybridized carbons (Fsp3) is 0.412. The zero-order valence-corrected chi connectivity index (χ0v) is 13.1. The van der Waals surface area contributed by atoms with Crippen molar-refractivity contribution in [3.05, 3.63) is 53.9 Å². The van der Waals surface area contributed by atoms with Gasteiger partial charge in [-0.2, -0.15) is 5.10 Å². The number of rotatable bonds is 3. The van der Waals surface area contributed by atoms with Gasteiger partial charge in [0.1, 0.15) is 5.69 Å². The van der Waals surface area contributed by atoms with Crippen molar-refractivity contribution in [3.63, 3.8) is 0 Å². The Morgan fingerprint density at radius 1 is 1.27 bits per heavy atom. The summed E-state index contributed by atoms with van der Waals surface area (Å²) in [5, 5.41) is 7.67. The molecular weight excluding hydrogens is 276 g/mol. The second-order valence-corrected chi connectivity index (χ2v) is 5.88. The third-order valence-electron chi connectivity index (χ3n) is 4.07. The molecule has 1 amide bonds. The molecule has 1 N–H and O–H groups in total. The molecule has 116 valence electrons. The smallest absolute Gasteiger partial charge is 0.272 e. The highest BCUT2D eigenvalue weighted by atomic mass is 16.2. The molecule has 0 aliphatic carbocycles. The maximum absolute atomic E-state index is 13.0. The van der Waals surface area contributed by atoms with Crippen molar-refractivity contribution in [1.29, 1.82) is 0 Å². The molecule has 22 heavy (non-hydrogen) atoms. The molecule has 0 spiro atoms. The van der Waals surface area contributed by atoms with E-state index in [0.29, 0.717) is 12.2 Å². The normalized spacial score (nSPS) is 18.7. The quantitative estimate of drug-likeness (QED) is 0.945. The summed E-state index contributed by atoms with van der Waals surface area (Å²) in [5.74, 6) is 0.0570. The average molecular weight is 298 g/mol. The van der Waals surface area contributed by atoms with E-state index in [4.69, 9.17) is 0 Å². The van der Waals surface area contributed by atoms with Gasteiger partial charge in [0.25, 0.3) is 5.91 Å². The summed E-state index contributed by atoms with van der Waals surface area (Å²) in [4.78, 5) is 15.0. The molecule has 0 bridgehead atoms. The van der Waals surface area contributed by atoms with Crippen LogP contribution in [0, 0.1) is 0 Å². The number of nitrogens with zero attached hydrogens (tertiary/aromatic N) is 3. The molecule has 0 unspecified atom stereocenters. The number of carbonyl (C=O) groups excluding carboxylic acids is 1. The van der Waals surface area contributed by atoms with E-state index in [1.54, 1.807) is 10.9 Å². The molecule has 0 radical (unpaired) electrons. The number of carbonyl (C=O) groups is 1. The first-order chi connectivity index (χ1) is 10.7. The van der Waals surface area contributed by atoms with Crippen LogP contribution in [-0.4, -0.2) is 40.2 Å². The van der Waals surface area contributed by atoms with Gasteiger partial charge >= 0.3 is 0 Å². The predicted octanol–water partition coefficient (Wildman–Crippen LogP) is 2.25. The minimum absolute atomic E-state index is 0.0570. The molecule has 1 fully saturated rings. The summed E-state index contributed by atoms with van der Waals surface area (Å²) < 4.78 is 1.80. The van der Waals surface area contributed by atoms with E-state index in [2.05, 4.69) is 22.5 Å². The highest BCUT2D eigenvalue weighted by molar-refractivity contribution is 5.93. The molecule has 1 aromatic heterocycles. The van der Waals surface area contributed by atoms with E-state index < -0.39 is 0 Å². The molecule has 0 saturated carbocycles. The number of aromatic nitrogens is 2. The van der Waals surface area contributed by atoms with Crippen molar-refractivity contribution in [2.45, 2.75) is 25.9 Å². The van der Waals surface area contributed by atoms with Gasteiger partial charge in [-0.3, -0.25) is 9.48 Å². The van der Waals surface area contributed by atoms with E-state index in [-0.39, 0.29) is 18.0 Å². The molecule has 2 aromatic rings. The van der Waals surface area contributed by atoms with Gasteiger partial charge in [0, 0.05) is 31.9 Å². The van der Waals surface area contributed by atoms with Crippen molar-refractivity contribution >= 4 is 5.91 Å². The summed E-state index contributed by atoms with van der Waals surface area (Å²) in [6, 6.07) is 12.3. The summed E-state index contributed by atoms with van der Waals surface area (Å²) in [7, 11) is 0. The highest BCUT2D eigenvalue weighted by Gasteiger charge is 2.30. The van der Waals surface area contributed by atoms with Crippen LogP contribution < -0.4 is 5.32 Å². The Morgan fingerprint density at radius 2 is 2.05 bits per heavy atom. The average Bonchev–Trinajstić information content (AvgIpc) is 3.05. The number of benzene rings is 1. The van der Waals surface area contributed by atoms with Gasteiger partial charge in [0.05, 0.1) is 6.04 Å². The second kappa shape index (κ2) is 6.32. The zero-order chi connectivity index (χ0) is 15.5. The lowest BCUT2D eigenvalue weighted by Gasteiger charge is -2.36. The number of piperazine rings is 1. The third kappa shape index (κ3) is 2.76. The maximum Gasteiger partial charge on any atom is 0.272 e. The van der Waals surface area contributed by atoms with Crippen molar-refractivity contribution in [2.24, 2.45) is 0 Å². The van der Waals surface area contributed by atoms with Crippen LogP contribution in [0.15, 0.2) is 42.6 Å². The van der Waals surface area contributed by atoms with Crippen LogP contribution in [-0.2, 0) is 0 Å². The fourth-order valence-corrected chi connectivity index (χ4v) is 2.96. The van der Waals surface area contributed by atoms with Gasteiger partial charge in [0.2, 0.25) is 0 Å². The lowest BCUT2D eigenvalue weighted by molar-refractivity contribution is 0.0619. The number of hydrogen-bond donors (Lipinski definition) is 1. The van der Waals surface area contributed by atoms with E-state index in [0.717, 1.165) is 13.1 Å². The molecule has 1 aliphatic heterocycles. The Balaban J connectivity index is 1.90. The Morgan fingerprint density at radius 3 is 2.77 bits per heavy atom. The lowest BCUT2D eigenvalue weighted by Crippen LogP contribution is -2.49. The lowest BCUT2D eigenvalue weighted by atomic mass is 10.0. The molecule has 3 rings (SSSR count). The number of nitrogens with one attached hydrogen (secondary N) is 1. The van der Waals surface area contributed by atoms with Gasteiger partial charge in [0.15, 0.2) is 0 Å². The van der Waals surface area contributed by atoms with Crippen LogP contribution in [0.4, 0.5) is 0 Å². The van der Waals surface area contributed by atoms with Gasteiger partial charge in [-0.1, -0.05) is 30.3 Å². The van der Waals surface area contributed by atoms with Gasteiger partial charge in [-0.15, -0.1) is 0 Å². The van der Waals surface area contributed by atoms with Crippen LogP contribution in [0.5, 0.6) is 0 Å². The molecule has 1 aliphatic rings. The summed E-state index contributed by atoms with van der Waals surface area (Å²) in [6.45, 7) is 6.39. The molecular formula is C17H22N4O. The van der Waals surface area contributed by atoms with E-state index in [1.165, 1.54) is 5.56 Å². The largest absolute Gasteiger partial charge is 0.328 e. The minimum Gasteiger partial charge on any atom is -0.328 e. The Kier molecular flexibility index (Phi) is 4.24. The van der Waals surface area contributed by atoms with Crippen LogP contribution in [0.2, 0.25) is 0 Å². The first-order valence-corrected chi connectivity index (χ1v) is 7.78. The predicted molar refractivity (Wildman–Crippen MR) is 85.7 cm³/mol. The molecule has 5 nitrogen and oxygen atoms in total. The SMILES string of the molecule is CC(C)n1nccc1C(=O)N1CCNC[C@H]1c1ccccc1. The fourth-order valence-electron chi connectivity index (χ4n) is 2.96. The third-order valence-corrected chi connectivity index (χ3v) is 4.07. The second-order valence-electron chi connectivity index (χ2n) is 5.88. The highest BCUT2D eigenvalue weighted by Crippen LogP contribution is 2.24. The summed E-state index contributed by atoms with van der Waals surface area (Å²) >= 11 is 0. The van der Waals surface area contributed by atoms with Crippen LogP contribution in [0.3, 0.4) is 0 Å². The standard InChI is InChI=1S/C17H22N4O/c1-13(2)21-15(8-9-19-21)17(22)20-11-10-18-12-16(20)14-6-4-3-5-7-14/h3-9,13,16,18H,10-12H2,1-2H3/t16-/m0/s1. The first-order valence-electron chi connectivity index (χ1n) is 7.78.